The van der Waals surface area contributed by atoms with Gasteiger partial charge in [-0.15, -0.1) is 0 Å². The molecule has 2 N–H and O–H groups in total. The van der Waals surface area contributed by atoms with E-state index in [0.29, 0.717) is 12.5 Å². The number of rotatable bonds is 6. The van der Waals surface area contributed by atoms with Gasteiger partial charge in [0, 0.05) is 37.6 Å². The Bertz CT molecular complexity index is 972. The number of nitrogens with zero attached hydrogens (tertiary/aromatic N) is 3. The van der Waals surface area contributed by atoms with Crippen molar-refractivity contribution in [1.29, 1.82) is 0 Å². The molecule has 1 aliphatic heterocycles. The first kappa shape index (κ1) is 20.3. The van der Waals surface area contributed by atoms with Crippen LogP contribution in [0.4, 0.5) is 20.0 Å². The molecule has 1 aliphatic rings. The van der Waals surface area contributed by atoms with Gasteiger partial charge in [-0.25, -0.2) is 14.2 Å². The molecule has 6 nitrogen and oxygen atoms in total. The van der Waals surface area contributed by atoms with Gasteiger partial charge in [-0.1, -0.05) is 42.5 Å². The van der Waals surface area contributed by atoms with Crippen LogP contribution < -0.4 is 15.5 Å². The van der Waals surface area contributed by atoms with Crippen molar-refractivity contribution in [3.8, 4) is 0 Å². The third-order valence-electron chi connectivity index (χ3n) is 5.22. The van der Waals surface area contributed by atoms with Gasteiger partial charge in [-0.3, -0.25) is 0 Å². The van der Waals surface area contributed by atoms with Gasteiger partial charge >= 0.3 is 6.03 Å². The number of urea groups is 1. The van der Waals surface area contributed by atoms with Crippen molar-refractivity contribution in [1.82, 2.24) is 14.7 Å². The van der Waals surface area contributed by atoms with Crippen molar-refractivity contribution in [2.75, 3.05) is 29.9 Å². The number of anilines is 2. The van der Waals surface area contributed by atoms with Crippen molar-refractivity contribution >= 4 is 28.4 Å². The lowest BCUT2D eigenvalue weighted by atomic mass is 9.97. The van der Waals surface area contributed by atoms with E-state index in [1.165, 1.54) is 23.2 Å². The average molecular weight is 426 g/mol. The van der Waals surface area contributed by atoms with Crippen molar-refractivity contribution in [3.05, 3.63) is 71.8 Å². The zero-order chi connectivity index (χ0) is 20.8. The van der Waals surface area contributed by atoms with Gasteiger partial charge < -0.3 is 15.5 Å². The summed E-state index contributed by atoms with van der Waals surface area (Å²) in [5.74, 6) is 0.809. The minimum Gasteiger partial charge on any atom is -0.347 e. The lowest BCUT2D eigenvalue weighted by Gasteiger charge is -2.31. The van der Waals surface area contributed by atoms with Crippen LogP contribution >= 0.6 is 11.5 Å². The van der Waals surface area contributed by atoms with Crippen LogP contribution in [0.15, 0.2) is 54.6 Å². The number of para-hydroxylation sites is 1. The molecule has 1 aromatic heterocycles. The zero-order valence-electron chi connectivity index (χ0n) is 16.6. The normalized spacial score (nSPS) is 14.5. The van der Waals surface area contributed by atoms with Crippen LogP contribution in [-0.2, 0) is 6.42 Å². The van der Waals surface area contributed by atoms with E-state index in [1.54, 1.807) is 18.2 Å². The number of nitrogens with one attached hydrogen (secondary N) is 2. The monoisotopic (exact) mass is 425 g/mol. The molecule has 0 bridgehead atoms. The highest BCUT2D eigenvalue weighted by Crippen LogP contribution is 2.25. The predicted molar refractivity (Wildman–Crippen MR) is 118 cm³/mol. The molecule has 0 radical (unpaired) electrons. The van der Waals surface area contributed by atoms with E-state index in [9.17, 15) is 9.18 Å². The largest absolute Gasteiger partial charge is 0.347 e. The second-order valence-electron chi connectivity index (χ2n) is 7.40. The standard InChI is InChI=1S/C22H24FN5OS/c23-18-8-4-5-9-19(18)25-21(29)24-15-17-10-12-28(13-11-17)22-26-20(27-30-22)14-16-6-2-1-3-7-16/h1-9,17H,10-15H2,(H2,24,25,29). The van der Waals surface area contributed by atoms with Crippen molar-refractivity contribution in [2.24, 2.45) is 5.92 Å². The van der Waals surface area contributed by atoms with Gasteiger partial charge in [0.2, 0.25) is 5.13 Å². The number of piperidine rings is 1. The maximum absolute atomic E-state index is 13.6. The second-order valence-corrected chi connectivity index (χ2v) is 8.13. The summed E-state index contributed by atoms with van der Waals surface area (Å²) in [6.45, 7) is 2.35. The first-order valence-corrected chi connectivity index (χ1v) is 10.9. The molecular formula is C22H24FN5OS. The van der Waals surface area contributed by atoms with Gasteiger partial charge in [-0.2, -0.15) is 4.37 Å². The molecule has 0 aliphatic carbocycles. The number of aromatic nitrogens is 2. The van der Waals surface area contributed by atoms with Crippen molar-refractivity contribution in [2.45, 2.75) is 19.3 Å². The topological polar surface area (TPSA) is 70.2 Å². The number of hydrogen-bond acceptors (Lipinski definition) is 5. The van der Waals surface area contributed by atoms with Crippen LogP contribution in [0.3, 0.4) is 0 Å². The lowest BCUT2D eigenvalue weighted by Crippen LogP contribution is -2.39. The highest BCUT2D eigenvalue weighted by Gasteiger charge is 2.22. The first-order chi connectivity index (χ1) is 14.7. The third-order valence-corrected chi connectivity index (χ3v) is 6.04. The molecule has 2 heterocycles. The van der Waals surface area contributed by atoms with E-state index in [0.717, 1.165) is 43.3 Å². The molecule has 2 amide bonds. The summed E-state index contributed by atoms with van der Waals surface area (Å²) in [5, 5.41) is 6.37. The second kappa shape index (κ2) is 9.67. The quantitative estimate of drug-likeness (QED) is 0.618. The highest BCUT2D eigenvalue weighted by atomic mass is 32.1. The van der Waals surface area contributed by atoms with Crippen molar-refractivity contribution in [3.63, 3.8) is 0 Å². The van der Waals surface area contributed by atoms with Gasteiger partial charge in [-0.05, 0) is 36.5 Å². The van der Waals surface area contributed by atoms with Gasteiger partial charge in [0.05, 0.1) is 5.69 Å². The van der Waals surface area contributed by atoms with Crippen LogP contribution in [-0.4, -0.2) is 35.0 Å². The Kier molecular flexibility index (Phi) is 6.53. The summed E-state index contributed by atoms with van der Waals surface area (Å²) in [5.41, 5.74) is 1.40. The van der Waals surface area contributed by atoms with Gasteiger partial charge in [0.15, 0.2) is 0 Å². The molecule has 0 atom stereocenters. The molecular weight excluding hydrogens is 401 g/mol. The van der Waals surface area contributed by atoms with E-state index in [4.69, 9.17) is 4.98 Å². The van der Waals surface area contributed by atoms with Gasteiger partial charge in [0.1, 0.15) is 11.6 Å². The molecule has 4 rings (SSSR count). The molecule has 1 saturated heterocycles. The highest BCUT2D eigenvalue weighted by molar-refractivity contribution is 7.09. The molecule has 3 aromatic rings. The molecule has 156 valence electrons. The van der Waals surface area contributed by atoms with Crippen LogP contribution in [0, 0.1) is 11.7 Å². The molecule has 30 heavy (non-hydrogen) atoms. The summed E-state index contributed by atoms with van der Waals surface area (Å²) in [6.07, 6.45) is 2.68. The Morgan fingerprint density at radius 1 is 1.10 bits per heavy atom. The maximum atomic E-state index is 13.6. The van der Waals surface area contributed by atoms with E-state index in [1.807, 2.05) is 18.2 Å². The summed E-state index contributed by atoms with van der Waals surface area (Å²) in [4.78, 5) is 19.0. The molecule has 2 aromatic carbocycles. The van der Waals surface area contributed by atoms with E-state index < -0.39 is 5.82 Å². The van der Waals surface area contributed by atoms with Crippen molar-refractivity contribution < 1.29 is 9.18 Å². The minimum atomic E-state index is -0.440. The van der Waals surface area contributed by atoms with E-state index in [-0.39, 0.29) is 11.7 Å². The van der Waals surface area contributed by atoms with E-state index in [2.05, 4.69) is 32.0 Å². The summed E-state index contributed by atoms with van der Waals surface area (Å²) >= 11 is 1.45. The fourth-order valence-corrected chi connectivity index (χ4v) is 4.25. The fourth-order valence-electron chi connectivity index (χ4n) is 3.52. The SMILES string of the molecule is O=C(NCC1CCN(c2nc(Cc3ccccc3)ns2)CC1)Nc1ccccc1F. The Morgan fingerprint density at radius 3 is 2.60 bits per heavy atom. The summed E-state index contributed by atoms with van der Waals surface area (Å²) in [7, 11) is 0. The zero-order valence-corrected chi connectivity index (χ0v) is 17.4. The molecule has 8 heteroatoms. The summed E-state index contributed by atoms with van der Waals surface area (Å²) in [6, 6.07) is 16.0. The molecule has 0 unspecified atom stereocenters. The number of carbonyl (C=O) groups excluding carboxylic acids is 1. The lowest BCUT2D eigenvalue weighted by molar-refractivity contribution is 0.248. The number of benzene rings is 2. The smallest absolute Gasteiger partial charge is 0.319 e. The van der Waals surface area contributed by atoms with Crippen LogP contribution in [0.1, 0.15) is 24.2 Å². The minimum absolute atomic E-state index is 0.187. The first-order valence-electron chi connectivity index (χ1n) is 10.1. The molecule has 1 fully saturated rings. The summed E-state index contributed by atoms with van der Waals surface area (Å²) < 4.78 is 18.1. The van der Waals surface area contributed by atoms with Gasteiger partial charge in [0.25, 0.3) is 0 Å². The Labute approximate surface area is 179 Å². The Morgan fingerprint density at radius 2 is 1.83 bits per heavy atom. The number of amides is 2. The maximum Gasteiger partial charge on any atom is 0.319 e. The van der Waals surface area contributed by atoms with Crippen LogP contribution in [0.25, 0.3) is 0 Å². The third kappa shape index (κ3) is 5.33. The molecule has 0 spiro atoms. The predicted octanol–water partition coefficient (Wildman–Crippen LogP) is 4.31. The number of hydrogen-bond donors (Lipinski definition) is 2. The number of halogens is 1. The molecule has 0 saturated carbocycles. The number of carbonyl (C=O) groups is 1. The fraction of sp³-hybridized carbons (Fsp3) is 0.318. The van der Waals surface area contributed by atoms with Crippen LogP contribution in [0.2, 0.25) is 0 Å². The Balaban J connectivity index is 1.21. The van der Waals surface area contributed by atoms with Crippen LogP contribution in [0.5, 0.6) is 0 Å². The Hall–Kier alpha value is -3.00. The average Bonchev–Trinajstić information content (AvgIpc) is 3.23. The van der Waals surface area contributed by atoms with E-state index >= 15 is 0 Å².